The van der Waals surface area contributed by atoms with Crippen LogP contribution in [0.5, 0.6) is 0 Å². The van der Waals surface area contributed by atoms with Crippen molar-refractivity contribution in [2.45, 2.75) is 78.3 Å². The van der Waals surface area contributed by atoms with Crippen LogP contribution in [-0.4, -0.2) is 68.1 Å². The van der Waals surface area contributed by atoms with Crippen molar-refractivity contribution in [1.29, 1.82) is 0 Å². The number of carbonyl (C=O) groups is 2. The molecule has 2 heterocycles. The Hall–Kier alpha value is -3.23. The van der Waals surface area contributed by atoms with Crippen molar-refractivity contribution in [3.63, 3.8) is 0 Å². The lowest BCUT2D eigenvalue weighted by atomic mass is 9.76. The predicted molar refractivity (Wildman–Crippen MR) is 135 cm³/mol. The number of carbonyl (C=O) groups excluding carboxylic acids is 2. The molecule has 2 aromatic rings. The van der Waals surface area contributed by atoms with E-state index in [2.05, 4.69) is 0 Å². The summed E-state index contributed by atoms with van der Waals surface area (Å²) in [6.07, 6.45) is -12.5. The zero-order chi connectivity index (χ0) is 31.8. The molecule has 1 aliphatic carbocycles. The van der Waals surface area contributed by atoms with Crippen molar-refractivity contribution in [3.8, 4) is 0 Å². The van der Waals surface area contributed by atoms with Crippen LogP contribution < -0.4 is 0 Å². The summed E-state index contributed by atoms with van der Waals surface area (Å²) in [5.41, 5.74) is -7.86. The van der Waals surface area contributed by atoms with Gasteiger partial charge in [0.05, 0.1) is 10.9 Å². The Labute approximate surface area is 241 Å². The van der Waals surface area contributed by atoms with Gasteiger partial charge in [-0.2, -0.15) is 26.3 Å². The highest BCUT2D eigenvalue weighted by Crippen LogP contribution is 2.56. The van der Waals surface area contributed by atoms with Crippen LogP contribution in [0.15, 0.2) is 47.4 Å². The summed E-state index contributed by atoms with van der Waals surface area (Å²) in [6, 6.07) is 3.15. The van der Waals surface area contributed by atoms with Gasteiger partial charge in [0.1, 0.15) is 16.6 Å². The second kappa shape index (κ2) is 10.2. The minimum atomic E-state index is -6.37. The number of piperidine rings is 1. The Bertz CT molecular complexity index is 1540. The lowest BCUT2D eigenvalue weighted by molar-refractivity contribution is -0.348. The maximum absolute atomic E-state index is 15.0. The lowest BCUT2D eigenvalue weighted by Crippen LogP contribution is -2.57. The van der Waals surface area contributed by atoms with Crippen LogP contribution in [0.25, 0.3) is 0 Å². The average molecular weight is 639 g/mol. The number of amides is 2. The second-order valence-electron chi connectivity index (χ2n) is 11.1. The average Bonchev–Trinajstić information content (AvgIpc) is 3.34. The van der Waals surface area contributed by atoms with Gasteiger partial charge < -0.3 is 9.80 Å². The van der Waals surface area contributed by atoms with Gasteiger partial charge in [-0.1, -0.05) is 18.2 Å². The Balaban J connectivity index is 1.68. The number of alkyl halides is 7. The third-order valence-corrected chi connectivity index (χ3v) is 11.5. The topological polar surface area (TPSA) is 74.8 Å². The van der Waals surface area contributed by atoms with E-state index in [9.17, 15) is 53.1 Å². The molecule has 0 spiro atoms. The molecule has 3 atom stereocenters. The van der Waals surface area contributed by atoms with Crippen molar-refractivity contribution >= 4 is 21.7 Å². The number of rotatable bonds is 4. The zero-order valence-corrected chi connectivity index (χ0v) is 23.4. The summed E-state index contributed by atoms with van der Waals surface area (Å²) < 4.78 is 137. The summed E-state index contributed by atoms with van der Waals surface area (Å²) in [5, 5.41) is 0. The molecule has 0 N–H and O–H groups in total. The number of aryl methyl sites for hydroxylation is 1. The fraction of sp³-hybridized carbons (Fsp3) is 0.500. The highest BCUT2D eigenvalue weighted by molar-refractivity contribution is 7.92. The predicted octanol–water partition coefficient (Wildman–Crippen LogP) is 5.34. The van der Waals surface area contributed by atoms with Gasteiger partial charge in [-0.05, 0) is 67.5 Å². The van der Waals surface area contributed by atoms with E-state index >= 15 is 0 Å². The summed E-state index contributed by atoms with van der Waals surface area (Å²) in [5.74, 6) is -1.57. The molecule has 1 unspecified atom stereocenters. The maximum Gasteiger partial charge on any atom is 0.435 e. The van der Waals surface area contributed by atoms with Crippen molar-refractivity contribution in [2.24, 2.45) is 0 Å². The molecular weight excluding hydrogens is 612 g/mol. The number of nitrogens with zero attached hydrogens (tertiary/aromatic N) is 2. The molecule has 0 saturated carbocycles. The fourth-order valence-electron chi connectivity index (χ4n) is 6.79. The van der Waals surface area contributed by atoms with Crippen LogP contribution in [0.1, 0.15) is 48.8 Å². The van der Waals surface area contributed by atoms with E-state index in [1.54, 1.807) is 0 Å². The maximum atomic E-state index is 15.0. The molecule has 0 aromatic heterocycles. The first-order valence-corrected chi connectivity index (χ1v) is 14.9. The third-order valence-electron chi connectivity index (χ3n) is 8.97. The quantitative estimate of drug-likeness (QED) is 0.335. The molecule has 15 heteroatoms. The monoisotopic (exact) mass is 638 g/mol. The smallest absolute Gasteiger partial charge is 0.336 e. The van der Waals surface area contributed by atoms with E-state index in [1.807, 2.05) is 0 Å². The number of hydrogen-bond acceptors (Lipinski definition) is 4. The van der Waals surface area contributed by atoms with Crippen molar-refractivity contribution in [1.82, 2.24) is 9.80 Å². The minimum absolute atomic E-state index is 0.151. The molecule has 2 amide bonds. The van der Waals surface area contributed by atoms with Gasteiger partial charge in [-0.3, -0.25) is 9.59 Å². The number of likely N-dealkylation sites (N-methyl/N-ethyl adjacent to an activating group) is 1. The van der Waals surface area contributed by atoms with Gasteiger partial charge in [-0.15, -0.1) is 0 Å². The molecule has 5 rings (SSSR count). The Morgan fingerprint density at radius 2 is 1.56 bits per heavy atom. The molecule has 234 valence electrons. The summed E-state index contributed by atoms with van der Waals surface area (Å²) in [6.45, 7) is -0.151. The fourth-order valence-corrected chi connectivity index (χ4v) is 9.16. The van der Waals surface area contributed by atoms with E-state index in [1.165, 1.54) is 16.8 Å². The van der Waals surface area contributed by atoms with Crippen LogP contribution in [0.2, 0.25) is 0 Å². The molecular formula is C28H26F8N2O4S. The highest BCUT2D eigenvalue weighted by Gasteiger charge is 2.74. The summed E-state index contributed by atoms with van der Waals surface area (Å²) >= 11 is 0. The molecule has 2 fully saturated rings. The van der Waals surface area contributed by atoms with Crippen molar-refractivity contribution in [3.05, 3.63) is 65.0 Å². The molecule has 0 bridgehead atoms. The van der Waals surface area contributed by atoms with Gasteiger partial charge in [-0.25, -0.2) is 17.2 Å². The molecule has 2 saturated heterocycles. The standard InChI is InChI=1S/C28H26F8N2O4S/c1-37-21(3-2-4-23(37)39)24(40)38-14-13-25(43(41,42)19-9-7-18(29)8-10-19)20-11-6-17(15-16(20)5-12-22(25)38)26(30,27(31,32)33)28(34,35)36/h6-11,15,21-22H,2-5,12-14H2,1H3/t21?,22-,25-/m1/s1. The molecule has 6 nitrogen and oxygen atoms in total. The van der Waals surface area contributed by atoms with Crippen LogP contribution in [0.4, 0.5) is 35.1 Å². The van der Waals surface area contributed by atoms with Crippen molar-refractivity contribution in [2.75, 3.05) is 13.6 Å². The van der Waals surface area contributed by atoms with Crippen LogP contribution >= 0.6 is 0 Å². The van der Waals surface area contributed by atoms with E-state index < -0.39 is 62.0 Å². The van der Waals surface area contributed by atoms with Crippen LogP contribution in [0.3, 0.4) is 0 Å². The molecule has 0 radical (unpaired) electrons. The number of sulfone groups is 1. The Kier molecular flexibility index (Phi) is 7.37. The first kappa shape index (κ1) is 31.2. The number of benzene rings is 2. The van der Waals surface area contributed by atoms with Crippen LogP contribution in [-0.2, 0) is 36.3 Å². The van der Waals surface area contributed by atoms with Gasteiger partial charge in [0.15, 0.2) is 9.84 Å². The van der Waals surface area contributed by atoms with Crippen molar-refractivity contribution < 1.29 is 53.1 Å². The third kappa shape index (κ3) is 4.51. The lowest BCUT2D eigenvalue weighted by Gasteiger charge is -2.44. The molecule has 43 heavy (non-hydrogen) atoms. The zero-order valence-electron chi connectivity index (χ0n) is 22.6. The van der Waals surface area contributed by atoms with Gasteiger partial charge in [0.25, 0.3) is 0 Å². The first-order valence-electron chi connectivity index (χ1n) is 13.4. The van der Waals surface area contributed by atoms with Gasteiger partial charge in [0.2, 0.25) is 11.8 Å². The van der Waals surface area contributed by atoms with E-state index in [0.717, 1.165) is 30.3 Å². The van der Waals surface area contributed by atoms with E-state index in [-0.39, 0.29) is 60.2 Å². The normalized spacial score (nSPS) is 25.0. The minimum Gasteiger partial charge on any atom is -0.336 e. The molecule has 2 aromatic carbocycles. The second-order valence-corrected chi connectivity index (χ2v) is 13.3. The molecule has 3 aliphatic rings. The Morgan fingerprint density at radius 3 is 2.16 bits per heavy atom. The SMILES string of the molecule is CN1C(=O)CCCC1C(=O)N1CC[C@@]2(S(=O)(=O)c3ccc(F)cc3)c3ccc(C(F)(C(F)(F)F)C(F)(F)F)cc3CC[C@@H]12. The molecule has 2 aliphatic heterocycles. The van der Waals surface area contributed by atoms with Crippen LogP contribution in [0, 0.1) is 5.82 Å². The number of hydrogen-bond donors (Lipinski definition) is 0. The summed E-state index contributed by atoms with van der Waals surface area (Å²) in [7, 11) is -3.15. The largest absolute Gasteiger partial charge is 0.435 e. The summed E-state index contributed by atoms with van der Waals surface area (Å²) in [4.78, 5) is 28.3. The van der Waals surface area contributed by atoms with Gasteiger partial charge >= 0.3 is 18.0 Å². The first-order chi connectivity index (χ1) is 19.9. The van der Waals surface area contributed by atoms with E-state index in [0.29, 0.717) is 18.9 Å². The van der Waals surface area contributed by atoms with Gasteiger partial charge in [0, 0.05) is 25.6 Å². The number of halogens is 8. The van der Waals surface area contributed by atoms with E-state index in [4.69, 9.17) is 0 Å². The number of likely N-dealkylation sites (tertiary alicyclic amines) is 2. The highest BCUT2D eigenvalue weighted by atomic mass is 32.2. The Morgan fingerprint density at radius 1 is 0.930 bits per heavy atom. The number of fused-ring (bicyclic) bond motifs is 3.